The molecule has 0 amide bonds. The highest BCUT2D eigenvalue weighted by atomic mass is 35.6. The van der Waals surface area contributed by atoms with Gasteiger partial charge in [0.1, 0.15) is 61.5 Å². The van der Waals surface area contributed by atoms with E-state index in [0.29, 0.717) is 6.42 Å². The Bertz CT molecular complexity index is 1670. The van der Waals surface area contributed by atoms with Crippen LogP contribution in [0, 0.1) is 0 Å². The molecule has 0 bridgehead atoms. The fourth-order valence-electron chi connectivity index (χ4n) is 6.57. The fraction of sp³-hybridized carbons (Fsp3) is 0.739. The molecule has 66 heavy (non-hydrogen) atoms. The van der Waals surface area contributed by atoms with Crippen LogP contribution in [0.25, 0.3) is 10.4 Å². The Labute approximate surface area is 404 Å². The van der Waals surface area contributed by atoms with E-state index in [-0.39, 0.29) is 5.56 Å². The molecule has 1 aliphatic rings. The van der Waals surface area contributed by atoms with Crippen molar-refractivity contribution < 1.29 is 66.9 Å². The Morgan fingerprint density at radius 2 is 1.41 bits per heavy atom. The van der Waals surface area contributed by atoms with Crippen LogP contribution < -0.4 is 0 Å². The summed E-state index contributed by atoms with van der Waals surface area (Å²) in [7, 11) is 0. The molecule has 0 aliphatic carbocycles. The summed E-state index contributed by atoms with van der Waals surface area (Å²) < 4.78 is 48.6. The number of hydrogen-bond donors (Lipinski definition) is 1. The maximum absolute atomic E-state index is 13.4. The van der Waals surface area contributed by atoms with Crippen LogP contribution in [0.4, 0.5) is 4.79 Å². The number of allylic oxidation sites excluding steroid dienone is 1. The SMILES string of the molecule is CCCCCCCCCCCCC/C=C/[C@@H](OC(=O)c1ccccc1)[C@H](CO[C@H]1O[C@H](COCC(=O)OC(C)(C)C)[C@H](OCC(=O)OC(C)(C)C)[C@H](O)[C@H]1OC(=O)OCC(Cl)(Cl)Cl)N=[N+]=[N-]. The number of nitrogens with zero attached hydrogens (tertiary/aromatic N) is 3. The van der Waals surface area contributed by atoms with Gasteiger partial charge in [-0.05, 0) is 78.1 Å². The second-order valence-corrected chi connectivity index (χ2v) is 20.3. The number of aliphatic hydroxyl groups is 1. The van der Waals surface area contributed by atoms with Crippen LogP contribution in [0.1, 0.15) is 136 Å². The molecule has 7 atom stereocenters. The predicted molar refractivity (Wildman–Crippen MR) is 248 cm³/mol. The molecule has 20 heteroatoms. The van der Waals surface area contributed by atoms with Gasteiger partial charge in [0.25, 0.3) is 0 Å². The molecule has 1 aliphatic heterocycles. The zero-order chi connectivity index (χ0) is 49.2. The van der Waals surface area contributed by atoms with Gasteiger partial charge in [-0.1, -0.05) is 135 Å². The minimum Gasteiger partial charge on any atom is -0.458 e. The molecule has 17 nitrogen and oxygen atoms in total. The second kappa shape index (κ2) is 30.9. The summed E-state index contributed by atoms with van der Waals surface area (Å²) in [5.41, 5.74) is 8.24. The van der Waals surface area contributed by atoms with Crippen LogP contribution in [0.15, 0.2) is 47.6 Å². The van der Waals surface area contributed by atoms with Gasteiger partial charge in [-0.3, -0.25) is 0 Å². The highest BCUT2D eigenvalue weighted by molar-refractivity contribution is 6.67. The number of carbonyl (C=O) groups is 4. The lowest BCUT2D eigenvalue weighted by Crippen LogP contribution is -2.62. The first-order valence-electron chi connectivity index (χ1n) is 22.6. The maximum Gasteiger partial charge on any atom is 0.508 e. The van der Waals surface area contributed by atoms with Gasteiger partial charge in [0.15, 0.2) is 12.4 Å². The number of rotatable bonds is 29. The Hall–Kier alpha value is -3.38. The summed E-state index contributed by atoms with van der Waals surface area (Å²) in [4.78, 5) is 54.5. The number of hydrogen-bond acceptors (Lipinski definition) is 15. The summed E-state index contributed by atoms with van der Waals surface area (Å²) in [6.07, 6.45) is 6.34. The molecule has 1 heterocycles. The number of ether oxygens (including phenoxy) is 9. The van der Waals surface area contributed by atoms with E-state index in [1.807, 2.05) is 6.08 Å². The number of unbranched alkanes of at least 4 members (excludes halogenated alkanes) is 11. The first kappa shape index (κ1) is 58.7. The number of esters is 3. The van der Waals surface area contributed by atoms with E-state index >= 15 is 0 Å². The quantitative estimate of drug-likeness (QED) is 0.0115. The third-order valence-corrected chi connectivity index (χ3v) is 9.83. The van der Waals surface area contributed by atoms with Gasteiger partial charge in [-0.2, -0.15) is 0 Å². The van der Waals surface area contributed by atoms with Crippen molar-refractivity contribution in [2.75, 3.05) is 33.0 Å². The van der Waals surface area contributed by atoms with E-state index in [0.717, 1.165) is 25.7 Å². The van der Waals surface area contributed by atoms with Gasteiger partial charge >= 0.3 is 24.1 Å². The molecular formula is C46H70Cl3N3O14. The zero-order valence-corrected chi connectivity index (χ0v) is 41.6. The van der Waals surface area contributed by atoms with Crippen molar-refractivity contribution in [3.8, 4) is 0 Å². The van der Waals surface area contributed by atoms with Crippen molar-refractivity contribution in [3.63, 3.8) is 0 Å². The van der Waals surface area contributed by atoms with Crippen LogP contribution in [0.3, 0.4) is 0 Å². The van der Waals surface area contributed by atoms with Crippen LogP contribution >= 0.6 is 34.8 Å². The monoisotopic (exact) mass is 993 g/mol. The molecule has 2 rings (SSSR count). The molecule has 1 N–H and O–H groups in total. The molecule has 0 saturated carbocycles. The topological polar surface area (TPSA) is 220 Å². The molecule has 1 fully saturated rings. The van der Waals surface area contributed by atoms with E-state index in [9.17, 15) is 29.8 Å². The van der Waals surface area contributed by atoms with Gasteiger partial charge in [0, 0.05) is 4.91 Å². The number of aliphatic hydroxyl groups excluding tert-OH is 1. The van der Waals surface area contributed by atoms with Crippen molar-refractivity contribution >= 4 is 58.9 Å². The summed E-state index contributed by atoms with van der Waals surface area (Å²) in [5.74, 6) is -2.21. The zero-order valence-electron chi connectivity index (χ0n) is 39.3. The minimum absolute atomic E-state index is 0.245. The number of azide groups is 1. The molecule has 0 aromatic heterocycles. The van der Waals surface area contributed by atoms with E-state index in [1.165, 1.54) is 44.9 Å². The smallest absolute Gasteiger partial charge is 0.458 e. The van der Waals surface area contributed by atoms with Gasteiger partial charge in [0.05, 0.1) is 18.8 Å². The highest BCUT2D eigenvalue weighted by Crippen LogP contribution is 2.30. The van der Waals surface area contributed by atoms with Crippen molar-refractivity contribution in [2.24, 2.45) is 5.11 Å². The van der Waals surface area contributed by atoms with Crippen LogP contribution in [0.2, 0.25) is 0 Å². The van der Waals surface area contributed by atoms with Crippen molar-refractivity contribution in [1.82, 2.24) is 0 Å². The summed E-state index contributed by atoms with van der Waals surface area (Å²) >= 11 is 17.3. The molecule has 1 aromatic rings. The van der Waals surface area contributed by atoms with Gasteiger partial charge < -0.3 is 47.7 Å². The summed E-state index contributed by atoms with van der Waals surface area (Å²) in [5, 5.41) is 15.7. The Morgan fingerprint density at radius 3 is 1.97 bits per heavy atom. The maximum atomic E-state index is 13.4. The fourth-order valence-corrected chi connectivity index (χ4v) is 6.73. The third kappa shape index (κ3) is 26.2. The Balaban J connectivity index is 2.38. The predicted octanol–water partition coefficient (Wildman–Crippen LogP) is 10.2. The second-order valence-electron chi connectivity index (χ2n) is 17.8. The average Bonchev–Trinajstić information content (AvgIpc) is 3.22. The number of benzene rings is 1. The van der Waals surface area contributed by atoms with Gasteiger partial charge in [-0.25, -0.2) is 19.2 Å². The molecule has 1 saturated heterocycles. The molecule has 0 radical (unpaired) electrons. The normalized spacial score (nSPS) is 19.9. The number of carbonyl (C=O) groups excluding carboxylic acids is 4. The Kier molecular flexibility index (Phi) is 27.5. The van der Waals surface area contributed by atoms with Gasteiger partial charge in [-0.15, -0.1) is 0 Å². The first-order chi connectivity index (χ1) is 31.1. The highest BCUT2D eigenvalue weighted by Gasteiger charge is 2.50. The molecule has 0 unspecified atom stereocenters. The Morgan fingerprint density at radius 1 is 0.833 bits per heavy atom. The van der Waals surface area contributed by atoms with Crippen LogP contribution in [-0.2, 0) is 52.2 Å². The summed E-state index contributed by atoms with van der Waals surface area (Å²) in [6, 6.07) is 6.99. The lowest BCUT2D eigenvalue weighted by molar-refractivity contribution is -0.310. The van der Waals surface area contributed by atoms with Crippen molar-refractivity contribution in [2.45, 2.75) is 183 Å². The molecular weight excluding hydrogens is 925 g/mol. The number of halogens is 3. The summed E-state index contributed by atoms with van der Waals surface area (Å²) in [6.45, 7) is 9.24. The third-order valence-electron chi connectivity index (χ3n) is 9.50. The molecule has 0 spiro atoms. The van der Waals surface area contributed by atoms with Gasteiger partial charge in [0.2, 0.25) is 3.79 Å². The average molecular weight is 995 g/mol. The van der Waals surface area contributed by atoms with Crippen LogP contribution in [0.5, 0.6) is 0 Å². The lowest BCUT2D eigenvalue weighted by atomic mass is 9.98. The van der Waals surface area contributed by atoms with E-state index < -0.39 is 115 Å². The first-order valence-corrected chi connectivity index (χ1v) is 23.7. The minimum atomic E-state index is -2.03. The van der Waals surface area contributed by atoms with Crippen molar-refractivity contribution in [1.29, 1.82) is 0 Å². The van der Waals surface area contributed by atoms with E-state index in [2.05, 4.69) is 16.9 Å². The molecule has 1 aromatic carbocycles. The van der Waals surface area contributed by atoms with Crippen LogP contribution in [-0.4, -0.2) is 120 Å². The van der Waals surface area contributed by atoms with Crippen molar-refractivity contribution in [3.05, 3.63) is 58.5 Å². The standard InChI is InChI=1S/C46H70Cl3N3O14/c1-8-9-10-11-12-13-14-15-16-17-18-19-23-26-34(62-41(56)32-24-21-20-22-25-32)33(51-52-50)27-60-42-40(64-43(57)61-31-46(47,48)49)38(55)39(59-30-37(54)66-45(5,6)7)35(63-42)28-58-29-36(53)65-44(2,3)4/h20-26,33-35,38-40,42,55H,8-19,27-31H2,1-7H3/b26-23+/t33-,34+,35+,38-,39-,40+,42-/m0/s1. The largest absolute Gasteiger partial charge is 0.508 e. The lowest BCUT2D eigenvalue weighted by Gasteiger charge is -2.43. The van der Waals surface area contributed by atoms with E-state index in [1.54, 1.807) is 78.0 Å². The number of alkyl halides is 3. The molecule has 374 valence electrons. The van der Waals surface area contributed by atoms with E-state index in [4.69, 9.17) is 77.4 Å².